The zero-order valence-corrected chi connectivity index (χ0v) is 65.3. The molecule has 0 aromatic carbocycles. The lowest BCUT2D eigenvalue weighted by Gasteiger charge is -2.21. The minimum Gasteiger partial charge on any atom is -0.462 e. The second kappa shape index (κ2) is 74.2. The van der Waals surface area contributed by atoms with Crippen LogP contribution in [0.3, 0.4) is 0 Å². The maximum atomic E-state index is 13.1. The van der Waals surface area contributed by atoms with Crippen LogP contribution in [0.15, 0.2) is 146 Å². The molecule has 0 amide bonds. The Balaban J connectivity index is 5.46. The monoisotopic (exact) mass is 1470 g/mol. The number of ether oxygens (including phenoxy) is 4. The maximum Gasteiger partial charge on any atom is 0.472 e. The first-order chi connectivity index (χ1) is 49.7. The smallest absolute Gasteiger partial charge is 0.462 e. The lowest BCUT2D eigenvalue weighted by Crippen LogP contribution is -2.30. The van der Waals surface area contributed by atoms with Gasteiger partial charge in [-0.1, -0.05) is 270 Å². The largest absolute Gasteiger partial charge is 0.472 e. The van der Waals surface area contributed by atoms with Gasteiger partial charge in [0, 0.05) is 19.3 Å². The highest BCUT2D eigenvalue weighted by Crippen LogP contribution is 2.45. The highest BCUT2D eigenvalue weighted by molar-refractivity contribution is 7.47. The fraction of sp³-hybridized carbons (Fsp3) is 0.663. The first-order valence-corrected chi connectivity index (χ1v) is 42.1. The zero-order valence-electron chi connectivity index (χ0n) is 63.5. The van der Waals surface area contributed by atoms with Crippen molar-refractivity contribution >= 4 is 39.5 Å². The van der Waals surface area contributed by atoms with Crippen LogP contribution in [-0.4, -0.2) is 96.7 Å². The molecule has 0 fully saturated rings. The Morgan fingerprint density at radius 1 is 0.294 bits per heavy atom. The second-order valence-corrected chi connectivity index (χ2v) is 28.5. The van der Waals surface area contributed by atoms with Crippen LogP contribution in [0.1, 0.15) is 297 Å². The van der Waals surface area contributed by atoms with Gasteiger partial charge in [-0.2, -0.15) is 0 Å². The molecule has 0 aliphatic heterocycles. The van der Waals surface area contributed by atoms with E-state index in [0.29, 0.717) is 25.7 Å². The van der Waals surface area contributed by atoms with Gasteiger partial charge in [-0.15, -0.1) is 0 Å². The zero-order chi connectivity index (χ0) is 74.6. The van der Waals surface area contributed by atoms with Gasteiger partial charge in [0.1, 0.15) is 19.3 Å². The number of aliphatic hydroxyl groups excluding tert-OH is 1. The van der Waals surface area contributed by atoms with Crippen LogP contribution in [-0.2, 0) is 65.4 Å². The summed E-state index contributed by atoms with van der Waals surface area (Å²) < 4.78 is 68.3. The summed E-state index contributed by atoms with van der Waals surface area (Å²) in [4.78, 5) is 72.9. The third-order valence-corrected chi connectivity index (χ3v) is 17.7. The van der Waals surface area contributed by atoms with Crippen molar-refractivity contribution in [1.82, 2.24) is 0 Å². The van der Waals surface area contributed by atoms with Crippen LogP contribution in [0.5, 0.6) is 0 Å². The van der Waals surface area contributed by atoms with E-state index in [9.17, 15) is 43.2 Å². The number of phosphoric acid groups is 2. The van der Waals surface area contributed by atoms with Crippen LogP contribution in [0, 0.1) is 0 Å². The van der Waals surface area contributed by atoms with E-state index in [4.69, 9.17) is 37.0 Å². The number of esters is 4. The Morgan fingerprint density at radius 2 is 0.549 bits per heavy atom. The molecular weight excluding hydrogens is 1330 g/mol. The number of rotatable bonds is 72. The highest BCUT2D eigenvalue weighted by Gasteiger charge is 2.30. The number of allylic oxidation sites excluding steroid dienone is 23. The van der Waals surface area contributed by atoms with Crippen molar-refractivity contribution in [2.45, 2.75) is 316 Å². The molecule has 5 atom stereocenters. The number of unbranched alkanes of at least 4 members (excludes halogenated alkanes) is 23. The molecule has 0 aromatic heterocycles. The summed E-state index contributed by atoms with van der Waals surface area (Å²) in [6.07, 6.45) is 84.4. The van der Waals surface area contributed by atoms with Gasteiger partial charge in [-0.25, -0.2) is 9.13 Å². The second-order valence-electron chi connectivity index (χ2n) is 25.5. The first kappa shape index (κ1) is 96.9. The number of hydrogen-bond acceptors (Lipinski definition) is 15. The molecule has 0 saturated carbocycles. The molecule has 0 bridgehead atoms. The molecule has 0 aliphatic rings. The Labute approximate surface area is 617 Å². The molecule has 17 nitrogen and oxygen atoms in total. The van der Waals surface area contributed by atoms with E-state index in [1.807, 2.05) is 12.2 Å². The summed E-state index contributed by atoms with van der Waals surface area (Å²) >= 11 is 0. The van der Waals surface area contributed by atoms with E-state index in [2.05, 4.69) is 149 Å². The summed E-state index contributed by atoms with van der Waals surface area (Å²) in [6, 6.07) is 0. The Kier molecular flexibility index (Phi) is 70.5. The fourth-order valence-electron chi connectivity index (χ4n) is 9.90. The van der Waals surface area contributed by atoms with E-state index in [1.54, 1.807) is 12.2 Å². The number of hydrogen-bond donors (Lipinski definition) is 3. The molecule has 102 heavy (non-hydrogen) atoms. The number of aliphatic hydroxyl groups is 1. The van der Waals surface area contributed by atoms with Crippen molar-refractivity contribution in [3.63, 3.8) is 0 Å². The van der Waals surface area contributed by atoms with E-state index in [1.165, 1.54) is 64.2 Å². The molecular formula is C83H138O17P2. The van der Waals surface area contributed by atoms with Crippen LogP contribution in [0.2, 0.25) is 0 Å². The average molecular weight is 1470 g/mol. The van der Waals surface area contributed by atoms with Gasteiger partial charge in [0.25, 0.3) is 0 Å². The molecule has 582 valence electrons. The standard InChI is InChI=1S/C83H138O17P2/c1-5-9-13-17-21-25-29-33-36-37-38-39-42-45-48-52-56-60-64-68-81(86)94-74-79(100-83(88)70-66-62-58-54-50-46-41-35-31-27-23-19-15-11-7-3)76-98-102(91,92)96-72-77(84)71-95-101(89,90)97-75-78(99-82(87)69-65-61-57-53-49-43-32-28-24-20-16-12-8-4)73-93-80(85)67-63-59-55-51-47-44-40-34-30-26-22-18-14-10-6-2/h9,11,13,15,21,23,25,27-28,32-36,38-41,45,48,50,54,62,66,77-79,84H,5-8,10,12,14,16-20,22,24,26,29-31,37,42-44,46-47,49,51-53,55-61,63-65,67-76H2,1-4H3,(H,89,90)(H,91,92)/b13-9-,15-11-,25-21-,27-23-,32-28-,36-33-,39-38-,40-34-,41-35-,48-45-,54-50-,66-62-. The van der Waals surface area contributed by atoms with Gasteiger partial charge >= 0.3 is 39.5 Å². The molecule has 0 rings (SSSR count). The molecule has 0 aliphatic carbocycles. The number of carbonyl (C=O) groups excluding carboxylic acids is 4. The quantitative estimate of drug-likeness (QED) is 0.0169. The molecule has 5 unspecified atom stereocenters. The van der Waals surface area contributed by atoms with Crippen molar-refractivity contribution in [3.8, 4) is 0 Å². The van der Waals surface area contributed by atoms with E-state index in [0.717, 1.165) is 154 Å². The van der Waals surface area contributed by atoms with Crippen LogP contribution >= 0.6 is 15.6 Å². The summed E-state index contributed by atoms with van der Waals surface area (Å²) in [5.74, 6) is -2.38. The van der Waals surface area contributed by atoms with Crippen molar-refractivity contribution < 1.29 is 80.2 Å². The predicted molar refractivity (Wildman–Crippen MR) is 417 cm³/mol. The number of phosphoric ester groups is 2. The van der Waals surface area contributed by atoms with Gasteiger partial charge in [0.2, 0.25) is 0 Å². The van der Waals surface area contributed by atoms with Crippen LogP contribution in [0.4, 0.5) is 0 Å². The van der Waals surface area contributed by atoms with E-state index in [-0.39, 0.29) is 25.7 Å². The normalized spacial score (nSPS) is 14.7. The summed E-state index contributed by atoms with van der Waals surface area (Å²) in [7, 11) is -10.0. The molecule has 3 N–H and O–H groups in total. The van der Waals surface area contributed by atoms with Crippen LogP contribution in [0.25, 0.3) is 0 Å². The van der Waals surface area contributed by atoms with Crippen molar-refractivity contribution in [1.29, 1.82) is 0 Å². The lowest BCUT2D eigenvalue weighted by atomic mass is 10.1. The van der Waals surface area contributed by atoms with Crippen LogP contribution < -0.4 is 0 Å². The summed E-state index contributed by atoms with van der Waals surface area (Å²) in [6.45, 7) is 4.45. The molecule has 19 heteroatoms. The van der Waals surface area contributed by atoms with Gasteiger partial charge in [0.05, 0.1) is 32.8 Å². The van der Waals surface area contributed by atoms with Crippen molar-refractivity contribution in [2.24, 2.45) is 0 Å². The summed E-state index contributed by atoms with van der Waals surface area (Å²) in [5.41, 5.74) is 0. The van der Waals surface area contributed by atoms with Gasteiger partial charge in [-0.05, 0) is 148 Å². The first-order valence-electron chi connectivity index (χ1n) is 39.1. The van der Waals surface area contributed by atoms with Gasteiger partial charge in [0.15, 0.2) is 12.2 Å². The minimum atomic E-state index is -5.01. The predicted octanol–water partition coefficient (Wildman–Crippen LogP) is 22.7. The fourth-order valence-corrected chi connectivity index (χ4v) is 11.5. The average Bonchev–Trinajstić information content (AvgIpc) is 0.924. The van der Waals surface area contributed by atoms with Crippen molar-refractivity contribution in [3.05, 3.63) is 146 Å². The molecule has 0 heterocycles. The number of carbonyl (C=O) groups is 4. The van der Waals surface area contributed by atoms with E-state index < -0.39 is 97.5 Å². The Hall–Kier alpha value is -5.06. The molecule has 0 aromatic rings. The third-order valence-electron chi connectivity index (χ3n) is 15.8. The van der Waals surface area contributed by atoms with Gasteiger partial charge in [-0.3, -0.25) is 37.3 Å². The SMILES string of the molecule is CC/C=C\C/C=C\C/C=C\C/C=C\C/C=C\CCCCCC(=O)OCC(COP(=O)(O)OCC(O)COP(=O)(O)OCC(COC(=O)CCCCCCC/C=C\CCCCCCCC)OC(=O)CCCCCCC/C=C\CCCCCC)OC(=O)C/C=C\C/C=C\C/C=C\C/C=C\C/C=C\CC. The lowest BCUT2D eigenvalue weighted by molar-refractivity contribution is -0.161. The highest BCUT2D eigenvalue weighted by atomic mass is 31.2. The Bertz CT molecular complexity index is 2510. The topological polar surface area (TPSA) is 237 Å². The summed E-state index contributed by atoms with van der Waals surface area (Å²) in [5, 5.41) is 10.6. The van der Waals surface area contributed by atoms with E-state index >= 15 is 0 Å². The molecule has 0 radical (unpaired) electrons. The molecule has 0 saturated heterocycles. The Morgan fingerprint density at radius 3 is 0.902 bits per heavy atom. The van der Waals surface area contributed by atoms with Crippen molar-refractivity contribution in [2.75, 3.05) is 39.6 Å². The molecule has 0 spiro atoms. The minimum absolute atomic E-state index is 0.0777. The maximum absolute atomic E-state index is 13.1. The third kappa shape index (κ3) is 73.3. The van der Waals surface area contributed by atoms with Gasteiger partial charge < -0.3 is 33.8 Å².